The molecule has 4 nitrogen and oxygen atoms in total. The predicted molar refractivity (Wildman–Crippen MR) is 97.8 cm³/mol. The number of pyridine rings is 1. The Kier molecular flexibility index (Phi) is 4.75. The Hall–Kier alpha value is -3.21. The minimum Gasteiger partial charge on any atom is -0.354 e. The Morgan fingerprint density at radius 3 is 2.28 bits per heavy atom. The summed E-state index contributed by atoms with van der Waals surface area (Å²) in [6.07, 6.45) is 1.61. The molecule has 0 atom stereocenters. The first-order valence-corrected chi connectivity index (χ1v) is 7.88. The molecule has 126 valence electrons. The van der Waals surface area contributed by atoms with Crippen molar-refractivity contribution >= 4 is 23.1 Å². The minimum atomic E-state index is -0.284. The number of hydrogen-bond donors (Lipinski definition) is 2. The van der Waals surface area contributed by atoms with Crippen LogP contribution in [-0.4, -0.2) is 10.9 Å². The standard InChI is InChI=1S/C20H18FN3O/c1-13-3-4-15(11-14(13)2)20(25)24-19-10-9-18(12-22-19)23-17-7-5-16(21)6-8-17/h3-12,23H,1-2H3,(H,22,24,25). The van der Waals surface area contributed by atoms with Gasteiger partial charge in [-0.15, -0.1) is 0 Å². The number of aryl methyl sites for hydroxylation is 2. The molecule has 0 aliphatic heterocycles. The molecular formula is C20H18FN3O. The first-order valence-electron chi connectivity index (χ1n) is 7.88. The van der Waals surface area contributed by atoms with Crippen molar-refractivity contribution in [1.82, 2.24) is 4.98 Å². The van der Waals surface area contributed by atoms with E-state index in [1.165, 1.54) is 12.1 Å². The average Bonchev–Trinajstić information content (AvgIpc) is 2.61. The van der Waals surface area contributed by atoms with E-state index < -0.39 is 0 Å². The van der Waals surface area contributed by atoms with Crippen LogP contribution in [0, 0.1) is 19.7 Å². The van der Waals surface area contributed by atoms with Crippen molar-refractivity contribution in [3.8, 4) is 0 Å². The molecule has 1 heterocycles. The summed E-state index contributed by atoms with van der Waals surface area (Å²) in [6.45, 7) is 3.98. The van der Waals surface area contributed by atoms with Gasteiger partial charge >= 0.3 is 0 Å². The zero-order chi connectivity index (χ0) is 17.8. The van der Waals surface area contributed by atoms with Crippen LogP contribution in [0.1, 0.15) is 21.5 Å². The van der Waals surface area contributed by atoms with E-state index in [0.29, 0.717) is 11.4 Å². The van der Waals surface area contributed by atoms with Gasteiger partial charge in [0.1, 0.15) is 11.6 Å². The van der Waals surface area contributed by atoms with Gasteiger partial charge in [-0.2, -0.15) is 0 Å². The van der Waals surface area contributed by atoms with Gasteiger partial charge in [0, 0.05) is 11.3 Å². The molecule has 0 spiro atoms. The van der Waals surface area contributed by atoms with Gasteiger partial charge in [-0.3, -0.25) is 4.79 Å². The van der Waals surface area contributed by atoms with Crippen LogP contribution in [0.5, 0.6) is 0 Å². The molecule has 0 unspecified atom stereocenters. The molecule has 2 N–H and O–H groups in total. The van der Waals surface area contributed by atoms with E-state index in [9.17, 15) is 9.18 Å². The molecular weight excluding hydrogens is 317 g/mol. The van der Waals surface area contributed by atoms with Gasteiger partial charge in [-0.05, 0) is 73.5 Å². The van der Waals surface area contributed by atoms with Gasteiger partial charge in [0.05, 0.1) is 11.9 Å². The summed E-state index contributed by atoms with van der Waals surface area (Å²) in [7, 11) is 0. The van der Waals surface area contributed by atoms with Crippen LogP contribution in [-0.2, 0) is 0 Å². The van der Waals surface area contributed by atoms with Crippen LogP contribution < -0.4 is 10.6 Å². The molecule has 0 aliphatic rings. The molecule has 1 amide bonds. The lowest BCUT2D eigenvalue weighted by Gasteiger charge is -2.09. The molecule has 3 aromatic rings. The van der Waals surface area contributed by atoms with Gasteiger partial charge < -0.3 is 10.6 Å². The van der Waals surface area contributed by atoms with Gasteiger partial charge in [-0.25, -0.2) is 9.37 Å². The van der Waals surface area contributed by atoms with Crippen molar-refractivity contribution in [2.75, 3.05) is 10.6 Å². The highest BCUT2D eigenvalue weighted by Gasteiger charge is 2.08. The fourth-order valence-corrected chi connectivity index (χ4v) is 2.31. The Labute approximate surface area is 145 Å². The fourth-order valence-electron chi connectivity index (χ4n) is 2.31. The van der Waals surface area contributed by atoms with Crippen LogP contribution in [0.2, 0.25) is 0 Å². The van der Waals surface area contributed by atoms with E-state index in [0.717, 1.165) is 22.5 Å². The number of nitrogens with one attached hydrogen (secondary N) is 2. The first-order chi connectivity index (χ1) is 12.0. The third-order valence-corrected chi connectivity index (χ3v) is 3.91. The summed E-state index contributed by atoms with van der Waals surface area (Å²) >= 11 is 0. The lowest BCUT2D eigenvalue weighted by atomic mass is 10.1. The maximum atomic E-state index is 12.9. The molecule has 1 aromatic heterocycles. The van der Waals surface area contributed by atoms with E-state index >= 15 is 0 Å². The van der Waals surface area contributed by atoms with Crippen molar-refractivity contribution in [2.45, 2.75) is 13.8 Å². The molecule has 0 bridgehead atoms. The van der Waals surface area contributed by atoms with Gasteiger partial charge in [0.2, 0.25) is 0 Å². The van der Waals surface area contributed by atoms with E-state index in [1.807, 2.05) is 26.0 Å². The predicted octanol–water partition coefficient (Wildman–Crippen LogP) is 4.83. The van der Waals surface area contributed by atoms with Crippen LogP contribution in [0.4, 0.5) is 21.6 Å². The Morgan fingerprint density at radius 1 is 0.920 bits per heavy atom. The summed E-state index contributed by atoms with van der Waals surface area (Å²) in [4.78, 5) is 16.5. The number of halogens is 1. The normalized spacial score (nSPS) is 10.4. The third kappa shape index (κ3) is 4.20. The lowest BCUT2D eigenvalue weighted by Crippen LogP contribution is -2.13. The third-order valence-electron chi connectivity index (χ3n) is 3.91. The Morgan fingerprint density at radius 2 is 1.64 bits per heavy atom. The van der Waals surface area contributed by atoms with Crippen molar-refractivity contribution < 1.29 is 9.18 Å². The molecule has 5 heteroatoms. The number of rotatable bonds is 4. The summed E-state index contributed by atoms with van der Waals surface area (Å²) in [5, 5.41) is 5.89. The monoisotopic (exact) mass is 335 g/mol. The highest BCUT2D eigenvalue weighted by Crippen LogP contribution is 2.18. The second kappa shape index (κ2) is 7.13. The van der Waals surface area contributed by atoms with Crippen LogP contribution >= 0.6 is 0 Å². The lowest BCUT2D eigenvalue weighted by molar-refractivity contribution is 0.102. The second-order valence-corrected chi connectivity index (χ2v) is 5.82. The number of amides is 1. The maximum Gasteiger partial charge on any atom is 0.256 e. The number of anilines is 3. The number of aromatic nitrogens is 1. The van der Waals surface area contributed by atoms with Crippen LogP contribution in [0.15, 0.2) is 60.8 Å². The molecule has 3 rings (SSSR count). The topological polar surface area (TPSA) is 54.0 Å². The average molecular weight is 335 g/mol. The second-order valence-electron chi connectivity index (χ2n) is 5.82. The van der Waals surface area contributed by atoms with E-state index in [2.05, 4.69) is 15.6 Å². The number of carbonyl (C=O) groups excluding carboxylic acids is 1. The molecule has 0 saturated carbocycles. The van der Waals surface area contributed by atoms with Crippen LogP contribution in [0.3, 0.4) is 0 Å². The molecule has 0 fully saturated rings. The summed E-state index contributed by atoms with van der Waals surface area (Å²) in [5.41, 5.74) is 4.31. The number of nitrogens with zero attached hydrogens (tertiary/aromatic N) is 1. The van der Waals surface area contributed by atoms with Gasteiger partial charge in [0.15, 0.2) is 0 Å². The zero-order valence-corrected chi connectivity index (χ0v) is 14.0. The van der Waals surface area contributed by atoms with Crippen molar-refractivity contribution in [3.05, 3.63) is 83.3 Å². The van der Waals surface area contributed by atoms with Crippen molar-refractivity contribution in [1.29, 1.82) is 0 Å². The quantitative estimate of drug-likeness (QED) is 0.718. The molecule has 0 aliphatic carbocycles. The van der Waals surface area contributed by atoms with Gasteiger partial charge in [0.25, 0.3) is 5.91 Å². The van der Waals surface area contributed by atoms with Crippen molar-refractivity contribution in [3.63, 3.8) is 0 Å². The first kappa shape index (κ1) is 16.6. The Balaban J connectivity index is 1.66. The van der Waals surface area contributed by atoms with Gasteiger partial charge in [-0.1, -0.05) is 6.07 Å². The molecule has 0 saturated heterocycles. The highest BCUT2D eigenvalue weighted by atomic mass is 19.1. The van der Waals surface area contributed by atoms with Crippen molar-refractivity contribution in [2.24, 2.45) is 0 Å². The number of hydrogen-bond acceptors (Lipinski definition) is 3. The maximum absolute atomic E-state index is 12.9. The van der Waals surface area contributed by atoms with E-state index in [4.69, 9.17) is 0 Å². The smallest absolute Gasteiger partial charge is 0.256 e. The van der Waals surface area contributed by atoms with Crippen LogP contribution in [0.25, 0.3) is 0 Å². The molecule has 25 heavy (non-hydrogen) atoms. The summed E-state index contributed by atoms with van der Waals surface area (Å²) in [6, 6.07) is 15.1. The number of benzene rings is 2. The summed E-state index contributed by atoms with van der Waals surface area (Å²) < 4.78 is 12.9. The SMILES string of the molecule is Cc1ccc(C(=O)Nc2ccc(Nc3ccc(F)cc3)cn2)cc1C. The molecule has 2 aromatic carbocycles. The Bertz CT molecular complexity index is 890. The minimum absolute atomic E-state index is 0.199. The molecule has 0 radical (unpaired) electrons. The van der Waals surface area contributed by atoms with E-state index in [1.54, 1.807) is 36.5 Å². The summed E-state index contributed by atoms with van der Waals surface area (Å²) in [5.74, 6) is -0.0178. The highest BCUT2D eigenvalue weighted by molar-refractivity contribution is 6.03. The fraction of sp³-hybridized carbons (Fsp3) is 0.100. The van der Waals surface area contributed by atoms with E-state index in [-0.39, 0.29) is 11.7 Å². The largest absolute Gasteiger partial charge is 0.354 e. The zero-order valence-electron chi connectivity index (χ0n) is 14.0. The number of carbonyl (C=O) groups is 1.